The number of nitrogens with one attached hydrogen (secondary N) is 2. The highest BCUT2D eigenvalue weighted by Crippen LogP contribution is 2.23. The van der Waals surface area contributed by atoms with E-state index in [1.165, 1.54) is 0 Å². The van der Waals surface area contributed by atoms with E-state index < -0.39 is 99.2 Å². The Morgan fingerprint density at radius 1 is 0.556 bits per heavy atom. The maximum atomic E-state index is 11.4. The number of aliphatic hydroxyl groups is 10. The van der Waals surface area contributed by atoms with Gasteiger partial charge in [-0.1, -0.05) is 21.6 Å². The van der Waals surface area contributed by atoms with E-state index in [1.807, 2.05) is 0 Å². The third kappa shape index (κ3) is 12.6. The lowest BCUT2D eigenvalue weighted by molar-refractivity contribution is -0.140. The van der Waals surface area contributed by atoms with Crippen LogP contribution in [0.2, 0.25) is 0 Å². The molecule has 0 saturated heterocycles. The molecule has 0 saturated carbocycles. The number of rotatable bonds is 21. The second-order valence-corrected chi connectivity index (χ2v) is 10.3. The lowest BCUT2D eigenvalue weighted by Crippen LogP contribution is -2.51. The first-order valence-electron chi connectivity index (χ1n) is 10.6. The van der Waals surface area contributed by atoms with E-state index in [1.54, 1.807) is 0 Å². The first kappa shape index (κ1) is 35.2. The highest BCUT2D eigenvalue weighted by Gasteiger charge is 2.32. The zero-order chi connectivity index (χ0) is 28.0. The van der Waals surface area contributed by atoms with Crippen molar-refractivity contribution >= 4 is 33.5 Å². The molecule has 18 heteroatoms. The van der Waals surface area contributed by atoms with E-state index in [9.17, 15) is 60.7 Å². The number of aliphatic hydroxyl groups excluding tert-OH is 10. The van der Waals surface area contributed by atoms with Crippen molar-refractivity contribution in [2.75, 3.05) is 37.8 Å². The van der Waals surface area contributed by atoms with Crippen LogP contribution in [0.1, 0.15) is 0 Å². The predicted octanol–water partition coefficient (Wildman–Crippen LogP) is -6.67. The van der Waals surface area contributed by atoms with Gasteiger partial charge in [-0.3, -0.25) is 9.59 Å². The molecule has 0 radical (unpaired) electrons. The summed E-state index contributed by atoms with van der Waals surface area (Å²) in [6, 6.07) is -2.51. The Labute approximate surface area is 214 Å². The Morgan fingerprint density at radius 3 is 1.08 bits per heavy atom. The highest BCUT2D eigenvalue weighted by atomic mass is 33.1. The van der Waals surface area contributed by atoms with Crippen molar-refractivity contribution < 1.29 is 70.9 Å². The van der Waals surface area contributed by atoms with Gasteiger partial charge in [-0.15, -0.1) is 0 Å². The number of aliphatic carboxylic acids is 2. The van der Waals surface area contributed by atoms with E-state index >= 15 is 0 Å². The molecule has 0 aromatic rings. The molecular formula is C18H36N2O14S2. The van der Waals surface area contributed by atoms with Crippen molar-refractivity contribution in [2.45, 2.75) is 60.9 Å². The molecule has 36 heavy (non-hydrogen) atoms. The summed E-state index contributed by atoms with van der Waals surface area (Å²) in [5.74, 6) is -2.89. The molecular weight excluding hydrogens is 532 g/mol. The summed E-state index contributed by atoms with van der Waals surface area (Å²) >= 11 is 0. The van der Waals surface area contributed by atoms with Gasteiger partial charge in [0.05, 0.1) is 25.4 Å². The van der Waals surface area contributed by atoms with Crippen molar-refractivity contribution in [2.24, 2.45) is 0 Å². The maximum Gasteiger partial charge on any atom is 0.321 e. The molecule has 9 unspecified atom stereocenters. The third-order valence-corrected chi connectivity index (χ3v) is 7.37. The molecule has 0 heterocycles. The van der Waals surface area contributed by atoms with Crippen molar-refractivity contribution in [3.63, 3.8) is 0 Å². The topological polar surface area (TPSA) is 301 Å². The average Bonchev–Trinajstić information content (AvgIpc) is 2.85. The van der Waals surface area contributed by atoms with Gasteiger partial charge >= 0.3 is 11.9 Å². The number of hydrogen-bond donors (Lipinski definition) is 14. The Kier molecular flexibility index (Phi) is 18.0. The molecule has 0 aliphatic rings. The van der Waals surface area contributed by atoms with Crippen LogP contribution in [0.15, 0.2) is 0 Å². The summed E-state index contributed by atoms with van der Waals surface area (Å²) in [5.41, 5.74) is 0. The van der Waals surface area contributed by atoms with Crippen LogP contribution in [0.3, 0.4) is 0 Å². The van der Waals surface area contributed by atoms with Crippen LogP contribution in [-0.4, -0.2) is 172 Å². The molecule has 10 atom stereocenters. The first-order chi connectivity index (χ1) is 16.8. The van der Waals surface area contributed by atoms with Crippen molar-refractivity contribution in [1.29, 1.82) is 0 Å². The SMILES string of the molecule is O=C(O)C(CSSC[C@H](NCC(O)C(O)C(O)C(O)CO)C(=O)O)NCC(O)C(O)C(O)C(O)CO. The quantitative estimate of drug-likeness (QED) is 0.0452. The normalized spacial score (nSPS) is 20.4. The molecule has 214 valence electrons. The van der Waals surface area contributed by atoms with E-state index in [2.05, 4.69) is 10.6 Å². The summed E-state index contributed by atoms with van der Waals surface area (Å²) in [6.07, 6.45) is -14.3. The second-order valence-electron chi connectivity index (χ2n) is 7.76. The van der Waals surface area contributed by atoms with Gasteiger partial charge in [-0.25, -0.2) is 0 Å². The smallest absolute Gasteiger partial charge is 0.321 e. The molecule has 0 bridgehead atoms. The van der Waals surface area contributed by atoms with Crippen LogP contribution in [0.5, 0.6) is 0 Å². The molecule has 0 aliphatic carbocycles. The summed E-state index contributed by atoms with van der Waals surface area (Å²) < 4.78 is 0. The van der Waals surface area contributed by atoms with Gasteiger partial charge in [-0.05, 0) is 0 Å². The van der Waals surface area contributed by atoms with Crippen molar-refractivity contribution in [3.05, 3.63) is 0 Å². The van der Waals surface area contributed by atoms with E-state index in [0.717, 1.165) is 21.6 Å². The van der Waals surface area contributed by atoms with Gasteiger partial charge in [0, 0.05) is 24.6 Å². The van der Waals surface area contributed by atoms with Gasteiger partial charge in [0.2, 0.25) is 0 Å². The molecule has 0 aromatic carbocycles. The highest BCUT2D eigenvalue weighted by molar-refractivity contribution is 8.76. The lowest BCUT2D eigenvalue weighted by atomic mass is 10.0. The number of carboxylic acid groups (broad SMARTS) is 2. The fraction of sp³-hybridized carbons (Fsp3) is 0.889. The largest absolute Gasteiger partial charge is 0.480 e. The van der Waals surface area contributed by atoms with Crippen LogP contribution in [0.25, 0.3) is 0 Å². The van der Waals surface area contributed by atoms with Gasteiger partial charge in [0.25, 0.3) is 0 Å². The molecule has 0 fully saturated rings. The summed E-state index contributed by atoms with van der Waals surface area (Å²) in [5, 5.41) is 118. The van der Waals surface area contributed by atoms with Crippen LogP contribution >= 0.6 is 21.6 Å². The standard InChI is InChI=1S/C18H36N2O14S2/c21-3-11(25)15(29)13(27)9(23)1-19-7(17(31)32)5-35-36-6-8(18(33)34)20-2-10(24)14(28)16(30)12(26)4-22/h7-16,19-30H,1-6H2,(H,31,32)(H,33,34)/t7-,8?,9?,10?,11?,12?,13?,14?,15?,16?/m0/s1. The Morgan fingerprint density at radius 2 is 0.833 bits per heavy atom. The van der Waals surface area contributed by atoms with Gasteiger partial charge < -0.3 is 71.9 Å². The predicted molar refractivity (Wildman–Crippen MR) is 126 cm³/mol. The van der Waals surface area contributed by atoms with Gasteiger partial charge in [0.1, 0.15) is 48.7 Å². The van der Waals surface area contributed by atoms with E-state index in [-0.39, 0.29) is 11.5 Å². The minimum absolute atomic E-state index is 0.121. The fourth-order valence-corrected chi connectivity index (χ4v) is 4.94. The first-order valence-corrected chi connectivity index (χ1v) is 13.1. The number of carboxylic acids is 2. The van der Waals surface area contributed by atoms with E-state index in [4.69, 9.17) is 10.2 Å². The Hall–Kier alpha value is -0.840. The second kappa shape index (κ2) is 18.4. The monoisotopic (exact) mass is 568 g/mol. The minimum atomic E-state index is -1.87. The maximum absolute atomic E-state index is 11.4. The fourth-order valence-electron chi connectivity index (χ4n) is 2.56. The third-order valence-electron chi connectivity index (χ3n) is 4.95. The van der Waals surface area contributed by atoms with Crippen LogP contribution in [0, 0.1) is 0 Å². The Balaban J connectivity index is 4.61. The van der Waals surface area contributed by atoms with Crippen molar-refractivity contribution in [3.8, 4) is 0 Å². The van der Waals surface area contributed by atoms with Crippen LogP contribution in [0.4, 0.5) is 0 Å². The molecule has 16 nitrogen and oxygen atoms in total. The minimum Gasteiger partial charge on any atom is -0.480 e. The molecule has 0 spiro atoms. The van der Waals surface area contributed by atoms with Crippen LogP contribution < -0.4 is 10.6 Å². The van der Waals surface area contributed by atoms with Gasteiger partial charge in [0.15, 0.2) is 0 Å². The molecule has 0 rings (SSSR count). The zero-order valence-electron chi connectivity index (χ0n) is 19.0. The zero-order valence-corrected chi connectivity index (χ0v) is 20.6. The number of hydrogen-bond acceptors (Lipinski definition) is 16. The van der Waals surface area contributed by atoms with Crippen molar-refractivity contribution in [1.82, 2.24) is 10.6 Å². The lowest BCUT2D eigenvalue weighted by Gasteiger charge is -2.27. The van der Waals surface area contributed by atoms with Crippen LogP contribution in [-0.2, 0) is 9.59 Å². The average molecular weight is 569 g/mol. The van der Waals surface area contributed by atoms with Gasteiger partial charge in [-0.2, -0.15) is 0 Å². The molecule has 0 aromatic heterocycles. The Bertz CT molecular complexity index is 587. The summed E-state index contributed by atoms with van der Waals surface area (Å²) in [4.78, 5) is 22.8. The summed E-state index contributed by atoms with van der Waals surface area (Å²) in [7, 11) is 1.91. The molecule has 14 N–H and O–H groups in total. The number of carbonyl (C=O) groups is 2. The van der Waals surface area contributed by atoms with E-state index in [0.29, 0.717) is 0 Å². The molecule has 0 amide bonds. The summed E-state index contributed by atoms with van der Waals surface area (Å²) in [6.45, 7) is -2.72. The molecule has 0 aliphatic heterocycles.